The second kappa shape index (κ2) is 6.75. The van der Waals surface area contributed by atoms with Gasteiger partial charge in [-0.25, -0.2) is 0 Å². The van der Waals surface area contributed by atoms with Gasteiger partial charge in [-0.3, -0.25) is 9.69 Å². The first-order valence-electron chi connectivity index (χ1n) is 7.17. The van der Waals surface area contributed by atoms with Crippen LogP contribution in [0.4, 0.5) is 0 Å². The van der Waals surface area contributed by atoms with Crippen molar-refractivity contribution in [1.82, 2.24) is 4.90 Å². The number of ketones is 1. The zero-order valence-corrected chi connectivity index (χ0v) is 12.5. The molecule has 0 aromatic heterocycles. The highest BCUT2D eigenvalue weighted by molar-refractivity contribution is 6.02. The van der Waals surface area contributed by atoms with E-state index in [9.17, 15) is 4.79 Å². The first-order chi connectivity index (χ1) is 9.67. The number of rotatable bonds is 5. The Hall–Kier alpha value is -1.55. The smallest absolute Gasteiger partial charge is 0.183 e. The van der Waals surface area contributed by atoms with Gasteiger partial charge < -0.3 is 9.47 Å². The minimum Gasteiger partial charge on any atom is -0.497 e. The molecule has 0 spiro atoms. The van der Waals surface area contributed by atoms with Crippen LogP contribution in [0.15, 0.2) is 18.2 Å². The Bertz CT molecular complexity index is 467. The molecule has 1 aromatic carbocycles. The molecule has 4 heteroatoms. The number of methoxy groups -OCH3 is 2. The summed E-state index contributed by atoms with van der Waals surface area (Å²) in [5.41, 5.74) is 0.602. The molecule has 1 fully saturated rings. The van der Waals surface area contributed by atoms with Crippen molar-refractivity contribution in [2.45, 2.75) is 32.2 Å². The lowest BCUT2D eigenvalue weighted by atomic mass is 10.0. The Morgan fingerprint density at radius 3 is 2.45 bits per heavy atom. The second-order valence-electron chi connectivity index (χ2n) is 5.20. The number of carbonyl (C=O) groups excluding carboxylic acids is 1. The number of benzene rings is 1. The van der Waals surface area contributed by atoms with E-state index >= 15 is 0 Å². The third kappa shape index (κ3) is 3.12. The Labute approximate surface area is 120 Å². The lowest BCUT2D eigenvalue weighted by molar-refractivity contribution is 0.0805. The summed E-state index contributed by atoms with van der Waals surface area (Å²) in [7, 11) is 3.19. The summed E-state index contributed by atoms with van der Waals surface area (Å²) in [6.45, 7) is 3.98. The number of carbonyl (C=O) groups is 1. The molecule has 20 heavy (non-hydrogen) atoms. The van der Waals surface area contributed by atoms with Crippen LogP contribution in [0.1, 0.15) is 36.5 Å². The van der Waals surface area contributed by atoms with Crippen molar-refractivity contribution in [2.75, 3.05) is 27.3 Å². The summed E-state index contributed by atoms with van der Waals surface area (Å²) in [4.78, 5) is 15.0. The van der Waals surface area contributed by atoms with Crippen LogP contribution in [0, 0.1) is 0 Å². The topological polar surface area (TPSA) is 38.8 Å². The molecule has 1 aliphatic heterocycles. The molecule has 1 saturated heterocycles. The first kappa shape index (κ1) is 14.9. The normalized spacial score (nSPS) is 17.6. The molecule has 2 rings (SSSR count). The minimum absolute atomic E-state index is 0.0997. The van der Waals surface area contributed by atoms with Gasteiger partial charge in [-0.1, -0.05) is 6.42 Å². The van der Waals surface area contributed by atoms with Gasteiger partial charge in [0.15, 0.2) is 5.78 Å². The van der Waals surface area contributed by atoms with E-state index in [0.29, 0.717) is 17.1 Å². The average Bonchev–Trinajstić information content (AvgIpc) is 2.53. The molecule has 1 aliphatic rings. The van der Waals surface area contributed by atoms with Crippen LogP contribution in [0.25, 0.3) is 0 Å². The van der Waals surface area contributed by atoms with E-state index in [1.54, 1.807) is 32.4 Å². The fraction of sp³-hybridized carbons (Fsp3) is 0.562. The van der Waals surface area contributed by atoms with Gasteiger partial charge in [0.25, 0.3) is 0 Å². The molecule has 0 saturated carbocycles. The van der Waals surface area contributed by atoms with Crippen LogP contribution >= 0.6 is 0 Å². The van der Waals surface area contributed by atoms with Gasteiger partial charge >= 0.3 is 0 Å². The largest absolute Gasteiger partial charge is 0.497 e. The highest BCUT2D eigenvalue weighted by Gasteiger charge is 2.26. The van der Waals surface area contributed by atoms with E-state index < -0.39 is 0 Å². The number of ether oxygens (including phenoxy) is 2. The number of hydrogen-bond acceptors (Lipinski definition) is 4. The van der Waals surface area contributed by atoms with Crippen molar-refractivity contribution in [1.29, 1.82) is 0 Å². The average molecular weight is 277 g/mol. The minimum atomic E-state index is -0.115. The zero-order valence-electron chi connectivity index (χ0n) is 12.5. The number of hydrogen-bond donors (Lipinski definition) is 0. The molecule has 0 aliphatic carbocycles. The molecule has 0 N–H and O–H groups in total. The SMILES string of the molecule is COc1ccc(OC)c(C(=O)C(C)N2CCCCC2)c1. The van der Waals surface area contributed by atoms with Crippen molar-refractivity contribution in [3.8, 4) is 11.5 Å². The van der Waals surface area contributed by atoms with Gasteiger partial charge in [0.2, 0.25) is 0 Å². The molecular formula is C16H23NO3. The molecule has 0 bridgehead atoms. The van der Waals surface area contributed by atoms with E-state index in [4.69, 9.17) is 9.47 Å². The standard InChI is InChI=1S/C16H23NO3/c1-12(17-9-5-4-6-10-17)16(18)14-11-13(19-2)7-8-15(14)20-3/h7-8,11-12H,4-6,9-10H2,1-3H3. The van der Waals surface area contributed by atoms with E-state index in [-0.39, 0.29) is 11.8 Å². The Balaban J connectivity index is 2.22. The van der Waals surface area contributed by atoms with Gasteiger partial charge in [-0.15, -0.1) is 0 Å². The van der Waals surface area contributed by atoms with Crippen LogP contribution in [0.3, 0.4) is 0 Å². The van der Waals surface area contributed by atoms with E-state index in [1.807, 2.05) is 6.92 Å². The van der Waals surface area contributed by atoms with Crippen molar-refractivity contribution in [3.05, 3.63) is 23.8 Å². The van der Waals surface area contributed by atoms with Crippen molar-refractivity contribution >= 4 is 5.78 Å². The molecule has 1 unspecified atom stereocenters. The van der Waals surface area contributed by atoms with Gasteiger partial charge in [-0.2, -0.15) is 0 Å². The fourth-order valence-electron chi connectivity index (χ4n) is 2.70. The summed E-state index contributed by atoms with van der Waals surface area (Å²) in [6.07, 6.45) is 3.61. The quantitative estimate of drug-likeness (QED) is 0.776. The number of piperidine rings is 1. The third-order valence-electron chi connectivity index (χ3n) is 3.99. The van der Waals surface area contributed by atoms with Gasteiger partial charge in [0.05, 0.1) is 25.8 Å². The lowest BCUT2D eigenvalue weighted by Gasteiger charge is -2.31. The summed E-state index contributed by atoms with van der Waals surface area (Å²) in [6, 6.07) is 5.24. The van der Waals surface area contributed by atoms with E-state index in [0.717, 1.165) is 13.1 Å². The van der Waals surface area contributed by atoms with Crippen molar-refractivity contribution in [2.24, 2.45) is 0 Å². The molecule has 1 aromatic rings. The van der Waals surface area contributed by atoms with E-state index in [1.165, 1.54) is 19.3 Å². The predicted octanol–water partition coefficient (Wildman–Crippen LogP) is 2.76. The fourth-order valence-corrected chi connectivity index (χ4v) is 2.70. The van der Waals surface area contributed by atoms with Crippen molar-refractivity contribution < 1.29 is 14.3 Å². The Kier molecular flexibility index (Phi) is 5.01. The maximum atomic E-state index is 12.7. The zero-order chi connectivity index (χ0) is 14.5. The molecule has 0 amide bonds. The highest BCUT2D eigenvalue weighted by Crippen LogP contribution is 2.26. The van der Waals surface area contributed by atoms with Gasteiger partial charge in [0, 0.05) is 0 Å². The van der Waals surface area contributed by atoms with Crippen LogP contribution < -0.4 is 9.47 Å². The molecule has 110 valence electrons. The number of nitrogens with zero attached hydrogens (tertiary/aromatic N) is 1. The first-order valence-corrected chi connectivity index (χ1v) is 7.17. The van der Waals surface area contributed by atoms with E-state index in [2.05, 4.69) is 4.90 Å². The monoisotopic (exact) mass is 277 g/mol. The van der Waals surface area contributed by atoms with Crippen LogP contribution in [0.2, 0.25) is 0 Å². The maximum Gasteiger partial charge on any atom is 0.183 e. The number of Topliss-reactive ketones (excluding diaryl/α,β-unsaturated/α-hetero) is 1. The Morgan fingerprint density at radius 1 is 1.15 bits per heavy atom. The summed E-state index contributed by atoms with van der Waals surface area (Å²) in [5, 5.41) is 0. The molecular weight excluding hydrogens is 254 g/mol. The van der Waals surface area contributed by atoms with Gasteiger partial charge in [0.1, 0.15) is 11.5 Å². The number of likely N-dealkylation sites (tertiary alicyclic amines) is 1. The summed E-state index contributed by atoms with van der Waals surface area (Å²) in [5.74, 6) is 1.39. The second-order valence-corrected chi connectivity index (χ2v) is 5.20. The predicted molar refractivity (Wildman–Crippen MR) is 78.8 cm³/mol. The van der Waals surface area contributed by atoms with Gasteiger partial charge in [-0.05, 0) is 51.1 Å². The summed E-state index contributed by atoms with van der Waals surface area (Å²) < 4.78 is 10.5. The third-order valence-corrected chi connectivity index (χ3v) is 3.99. The Morgan fingerprint density at radius 2 is 1.85 bits per heavy atom. The highest BCUT2D eigenvalue weighted by atomic mass is 16.5. The molecule has 4 nitrogen and oxygen atoms in total. The van der Waals surface area contributed by atoms with Crippen LogP contribution in [0.5, 0.6) is 11.5 Å². The maximum absolute atomic E-state index is 12.7. The van der Waals surface area contributed by atoms with Crippen molar-refractivity contribution in [3.63, 3.8) is 0 Å². The van der Waals surface area contributed by atoms with Crippen LogP contribution in [-0.2, 0) is 0 Å². The van der Waals surface area contributed by atoms with Crippen LogP contribution in [-0.4, -0.2) is 44.0 Å². The molecule has 1 atom stereocenters. The summed E-state index contributed by atoms with van der Waals surface area (Å²) >= 11 is 0. The molecule has 1 heterocycles. The molecule has 0 radical (unpaired) electrons. The lowest BCUT2D eigenvalue weighted by Crippen LogP contribution is -2.42.